The molecule has 0 saturated carbocycles. The number of unbranched alkanes of at least 4 members (excludes halogenated alkanes) is 2. The van der Waals surface area contributed by atoms with Gasteiger partial charge in [0.15, 0.2) is 0 Å². The Balaban J connectivity index is 0.00000353. The second kappa shape index (κ2) is 14.2. The van der Waals surface area contributed by atoms with Gasteiger partial charge in [0.25, 0.3) is 0 Å². The molecule has 1 atom stereocenters. The van der Waals surface area contributed by atoms with Gasteiger partial charge in [-0.15, -0.1) is 0 Å². The Labute approximate surface area is 205 Å². The third-order valence-corrected chi connectivity index (χ3v) is 6.54. The smallest absolute Gasteiger partial charge is 0.304 e. The first-order valence-electron chi connectivity index (χ1n) is 12.9. The minimum Gasteiger partial charge on any atom is -0.304 e. The highest BCUT2D eigenvalue weighted by atomic mass is 16.2. The van der Waals surface area contributed by atoms with Gasteiger partial charge in [0.05, 0.1) is 0 Å². The molecule has 4 heteroatoms. The molecule has 4 nitrogen and oxygen atoms in total. The van der Waals surface area contributed by atoms with Gasteiger partial charge >= 0.3 is 6.03 Å². The molecule has 1 aliphatic rings. The van der Waals surface area contributed by atoms with Gasteiger partial charge in [0.1, 0.15) is 6.17 Å². The molecule has 1 N–H and O–H groups in total. The summed E-state index contributed by atoms with van der Waals surface area (Å²) in [4.78, 5) is 16.8. The molecule has 1 aliphatic heterocycles. The number of carbonyl (C=O) groups is 1. The lowest BCUT2D eigenvalue weighted by Gasteiger charge is -2.44. The van der Waals surface area contributed by atoms with Crippen LogP contribution >= 0.6 is 0 Å². The molecule has 0 bridgehead atoms. The summed E-state index contributed by atoms with van der Waals surface area (Å²) in [6.45, 7) is 20.1. The summed E-state index contributed by atoms with van der Waals surface area (Å²) < 4.78 is 0. The fraction of sp³-hybridized carbons (Fsp3) is 0.621. The Bertz CT molecular complexity index is 816. The summed E-state index contributed by atoms with van der Waals surface area (Å²) in [6, 6.07) is 6.63. The first kappa shape index (κ1) is 29.0. The SMILES string of the molecule is C=C1/C(=C(\CCCCC)CCc2cccc(C)c2C)C(NC)N(CC(C)C)C(=O)N1C.CC.[HH]. The van der Waals surface area contributed by atoms with Gasteiger partial charge in [-0.25, -0.2) is 4.79 Å². The number of rotatable bonds is 10. The molecule has 1 fully saturated rings. The minimum absolute atomic E-state index is 0. The van der Waals surface area contributed by atoms with Gasteiger partial charge in [-0.1, -0.05) is 77.8 Å². The van der Waals surface area contributed by atoms with Crippen molar-refractivity contribution in [3.05, 3.63) is 58.3 Å². The van der Waals surface area contributed by atoms with E-state index in [9.17, 15) is 4.79 Å². The first-order chi connectivity index (χ1) is 15.7. The molecule has 1 heterocycles. The number of amides is 2. The monoisotopic (exact) mass is 457 g/mol. The molecule has 1 aromatic carbocycles. The van der Waals surface area contributed by atoms with E-state index in [1.54, 1.807) is 4.90 Å². The molecule has 1 unspecified atom stereocenters. The average molecular weight is 458 g/mol. The second-order valence-corrected chi connectivity index (χ2v) is 9.36. The Morgan fingerprint density at radius 1 is 1.18 bits per heavy atom. The molecule has 2 rings (SSSR count). The van der Waals surface area contributed by atoms with Gasteiger partial charge in [-0.3, -0.25) is 10.2 Å². The predicted octanol–water partition coefficient (Wildman–Crippen LogP) is 7.47. The number of nitrogens with one attached hydrogen (secondary N) is 1. The van der Waals surface area contributed by atoms with Crippen molar-refractivity contribution in [2.24, 2.45) is 5.92 Å². The highest BCUT2D eigenvalue weighted by molar-refractivity contribution is 5.80. The molecule has 0 spiro atoms. The second-order valence-electron chi connectivity index (χ2n) is 9.36. The number of allylic oxidation sites excluding steroid dienone is 1. The van der Waals surface area contributed by atoms with Crippen LogP contribution in [0.3, 0.4) is 0 Å². The molecule has 0 aromatic heterocycles. The molecule has 188 valence electrons. The van der Waals surface area contributed by atoms with Crippen LogP contribution in [0.5, 0.6) is 0 Å². The molecule has 0 aliphatic carbocycles. The molecule has 33 heavy (non-hydrogen) atoms. The Morgan fingerprint density at radius 2 is 1.85 bits per heavy atom. The summed E-state index contributed by atoms with van der Waals surface area (Å²) in [7, 11) is 3.82. The Morgan fingerprint density at radius 3 is 2.42 bits per heavy atom. The molecule has 0 radical (unpaired) electrons. The third kappa shape index (κ3) is 7.46. The fourth-order valence-electron chi connectivity index (χ4n) is 4.54. The van der Waals surface area contributed by atoms with Crippen molar-refractivity contribution in [3.8, 4) is 0 Å². The number of hydrogen-bond donors (Lipinski definition) is 1. The lowest BCUT2D eigenvalue weighted by Crippen LogP contribution is -2.58. The summed E-state index contributed by atoms with van der Waals surface area (Å²) in [5.74, 6) is 0.402. The van der Waals surface area contributed by atoms with E-state index in [2.05, 4.69) is 64.7 Å². The maximum absolute atomic E-state index is 13.1. The molecule has 1 saturated heterocycles. The van der Waals surface area contributed by atoms with Gasteiger partial charge < -0.3 is 4.90 Å². The third-order valence-electron chi connectivity index (χ3n) is 6.54. The molecule has 1 aromatic rings. The minimum atomic E-state index is -0.117. The lowest BCUT2D eigenvalue weighted by atomic mass is 9.89. The van der Waals surface area contributed by atoms with Crippen LogP contribution in [-0.2, 0) is 6.42 Å². The van der Waals surface area contributed by atoms with Crippen LogP contribution in [0.15, 0.2) is 41.6 Å². The van der Waals surface area contributed by atoms with Crippen LogP contribution in [0.4, 0.5) is 4.79 Å². The van der Waals surface area contributed by atoms with Crippen LogP contribution in [0.25, 0.3) is 0 Å². The largest absolute Gasteiger partial charge is 0.325 e. The maximum atomic E-state index is 13.1. The highest BCUT2D eigenvalue weighted by Gasteiger charge is 2.38. The number of carbonyl (C=O) groups excluding carboxylic acids is 1. The van der Waals surface area contributed by atoms with Crippen molar-refractivity contribution in [2.75, 3.05) is 20.6 Å². The zero-order chi connectivity index (χ0) is 25.1. The number of likely N-dealkylation sites (N-methyl/N-ethyl adjacent to an activating group) is 2. The lowest BCUT2D eigenvalue weighted by molar-refractivity contribution is 0.129. The van der Waals surface area contributed by atoms with E-state index >= 15 is 0 Å². The van der Waals surface area contributed by atoms with Crippen molar-refractivity contribution < 1.29 is 6.22 Å². The van der Waals surface area contributed by atoms with Crippen LogP contribution in [0.2, 0.25) is 0 Å². The van der Waals surface area contributed by atoms with Crippen LogP contribution in [0.1, 0.15) is 84.8 Å². The van der Waals surface area contributed by atoms with E-state index < -0.39 is 0 Å². The molecular formula is C29H51N3O. The normalized spacial score (nSPS) is 17.9. The quantitative estimate of drug-likeness (QED) is 0.370. The van der Waals surface area contributed by atoms with E-state index in [1.165, 1.54) is 47.1 Å². The van der Waals surface area contributed by atoms with Crippen molar-refractivity contribution in [1.82, 2.24) is 15.1 Å². The molecular weight excluding hydrogens is 406 g/mol. The van der Waals surface area contributed by atoms with Crippen LogP contribution in [0, 0.1) is 19.8 Å². The van der Waals surface area contributed by atoms with Crippen molar-refractivity contribution in [2.45, 2.75) is 93.2 Å². The maximum Gasteiger partial charge on any atom is 0.325 e. The van der Waals surface area contributed by atoms with E-state index in [0.717, 1.165) is 31.5 Å². The highest BCUT2D eigenvalue weighted by Crippen LogP contribution is 2.34. The van der Waals surface area contributed by atoms with Gasteiger partial charge in [-0.2, -0.15) is 0 Å². The summed E-state index contributed by atoms with van der Waals surface area (Å²) in [5, 5.41) is 3.44. The standard InChI is InChI=1S/C27H43N3O.C2H6.H2/c1-9-10-11-14-24(17-16-23-15-12-13-20(4)21(23)5)25-22(6)29(8)27(31)30(18-19(2)3)26(25)28-7;1-2;/h12-13,15,19,26,28H,6,9-11,14,16-18H2,1-5,7-8H3;1-2H3;1H/b25-24-;;. The van der Waals surface area contributed by atoms with Crippen LogP contribution < -0.4 is 5.32 Å². The van der Waals surface area contributed by atoms with E-state index in [-0.39, 0.29) is 13.6 Å². The zero-order valence-corrected chi connectivity index (χ0v) is 22.8. The predicted molar refractivity (Wildman–Crippen MR) is 146 cm³/mol. The van der Waals surface area contributed by atoms with Crippen molar-refractivity contribution in [1.29, 1.82) is 0 Å². The van der Waals surface area contributed by atoms with Crippen molar-refractivity contribution in [3.63, 3.8) is 0 Å². The van der Waals surface area contributed by atoms with E-state index in [1.807, 2.05) is 32.8 Å². The van der Waals surface area contributed by atoms with E-state index in [0.29, 0.717) is 5.92 Å². The number of aryl methyl sites for hydroxylation is 2. The number of hydrogen-bond acceptors (Lipinski definition) is 2. The molecule has 2 amide bonds. The van der Waals surface area contributed by atoms with Crippen LogP contribution in [-0.4, -0.2) is 42.6 Å². The van der Waals surface area contributed by atoms with Gasteiger partial charge in [0, 0.05) is 26.3 Å². The number of nitrogens with zero attached hydrogens (tertiary/aromatic N) is 2. The Kier molecular flexibility index (Phi) is 12.5. The summed E-state index contributed by atoms with van der Waals surface area (Å²) >= 11 is 0. The number of urea groups is 1. The van der Waals surface area contributed by atoms with E-state index in [4.69, 9.17) is 0 Å². The fourth-order valence-corrected chi connectivity index (χ4v) is 4.54. The summed E-state index contributed by atoms with van der Waals surface area (Å²) in [5.41, 5.74) is 7.65. The first-order valence-corrected chi connectivity index (χ1v) is 12.9. The van der Waals surface area contributed by atoms with Gasteiger partial charge in [0.2, 0.25) is 0 Å². The summed E-state index contributed by atoms with van der Waals surface area (Å²) in [6.07, 6.45) is 6.56. The average Bonchev–Trinajstić information content (AvgIpc) is 2.80. The van der Waals surface area contributed by atoms with Crippen molar-refractivity contribution >= 4 is 6.03 Å². The topological polar surface area (TPSA) is 35.6 Å². The zero-order valence-electron chi connectivity index (χ0n) is 22.8. The van der Waals surface area contributed by atoms with Gasteiger partial charge in [-0.05, 0) is 69.2 Å². The Hall–Kier alpha value is -2.07. The number of benzene rings is 1.